The summed E-state index contributed by atoms with van der Waals surface area (Å²) in [6, 6.07) is 14.1. The second-order valence-corrected chi connectivity index (χ2v) is 8.99. The molecule has 0 aliphatic carbocycles. The van der Waals surface area contributed by atoms with E-state index in [1.807, 2.05) is 31.2 Å². The molecular weight excluding hydrogens is 467 g/mol. The maximum absolute atomic E-state index is 12.4. The smallest absolute Gasteiger partial charge is 0.265 e. The molecule has 6 nitrogen and oxygen atoms in total. The van der Waals surface area contributed by atoms with E-state index in [-0.39, 0.29) is 5.91 Å². The van der Waals surface area contributed by atoms with Gasteiger partial charge in [-0.3, -0.25) is 9.10 Å². The number of nitrogens with zero attached hydrogens (tertiary/aromatic N) is 1. The lowest BCUT2D eigenvalue weighted by atomic mass is 10.2. The van der Waals surface area contributed by atoms with Crippen LogP contribution >= 0.6 is 22.6 Å². The first-order valence-corrected chi connectivity index (χ1v) is 10.9. The summed E-state index contributed by atoms with van der Waals surface area (Å²) in [6.07, 6.45) is 0.994. The van der Waals surface area contributed by atoms with E-state index < -0.39 is 16.1 Å². The van der Waals surface area contributed by atoms with E-state index in [0.29, 0.717) is 23.5 Å². The van der Waals surface area contributed by atoms with Gasteiger partial charge in [0.15, 0.2) is 6.10 Å². The van der Waals surface area contributed by atoms with Crippen molar-refractivity contribution in [2.75, 3.05) is 22.9 Å². The van der Waals surface area contributed by atoms with Crippen LogP contribution in [0.25, 0.3) is 0 Å². The van der Waals surface area contributed by atoms with Gasteiger partial charge in [0.05, 0.1) is 11.9 Å². The van der Waals surface area contributed by atoms with Crippen molar-refractivity contribution in [2.24, 2.45) is 0 Å². The minimum atomic E-state index is -3.32. The van der Waals surface area contributed by atoms with E-state index in [9.17, 15) is 13.2 Å². The summed E-state index contributed by atoms with van der Waals surface area (Å²) in [5.74, 6) is 0.270. The van der Waals surface area contributed by atoms with Gasteiger partial charge in [-0.1, -0.05) is 6.92 Å². The van der Waals surface area contributed by atoms with Gasteiger partial charge in [0.25, 0.3) is 5.91 Å². The van der Waals surface area contributed by atoms with Crippen LogP contribution in [0.1, 0.15) is 13.3 Å². The van der Waals surface area contributed by atoms with Crippen molar-refractivity contribution in [3.63, 3.8) is 0 Å². The molecule has 26 heavy (non-hydrogen) atoms. The SMILES string of the molecule is CC[C@@H](Oc1ccc(N(C)S(C)(=O)=O)cc1)C(=O)Nc1ccc(I)cc1. The van der Waals surface area contributed by atoms with Crippen LogP contribution in [0.3, 0.4) is 0 Å². The van der Waals surface area contributed by atoms with Crippen molar-refractivity contribution in [3.8, 4) is 5.75 Å². The van der Waals surface area contributed by atoms with Crippen molar-refractivity contribution in [3.05, 3.63) is 52.1 Å². The fourth-order valence-electron chi connectivity index (χ4n) is 2.17. The highest BCUT2D eigenvalue weighted by molar-refractivity contribution is 14.1. The summed E-state index contributed by atoms with van der Waals surface area (Å²) in [7, 11) is -1.84. The third-order valence-corrected chi connectivity index (χ3v) is 5.68. The Morgan fingerprint density at radius 2 is 1.73 bits per heavy atom. The van der Waals surface area contributed by atoms with E-state index in [1.165, 1.54) is 11.4 Å². The average Bonchev–Trinajstić information content (AvgIpc) is 2.60. The highest BCUT2D eigenvalue weighted by Gasteiger charge is 2.19. The molecule has 1 atom stereocenters. The molecule has 0 spiro atoms. The molecule has 0 radical (unpaired) electrons. The molecule has 0 saturated carbocycles. The van der Waals surface area contributed by atoms with Crippen molar-refractivity contribution < 1.29 is 17.9 Å². The second-order valence-electron chi connectivity index (χ2n) is 5.74. The number of amides is 1. The normalized spacial score (nSPS) is 12.3. The molecule has 8 heteroatoms. The number of rotatable bonds is 7. The Labute approximate surface area is 167 Å². The number of nitrogens with one attached hydrogen (secondary N) is 1. The molecule has 0 aliphatic heterocycles. The molecule has 0 bridgehead atoms. The maximum atomic E-state index is 12.4. The first kappa shape index (κ1) is 20.5. The van der Waals surface area contributed by atoms with Crippen LogP contribution in [-0.2, 0) is 14.8 Å². The third kappa shape index (κ3) is 5.60. The van der Waals surface area contributed by atoms with Gasteiger partial charge in [0.1, 0.15) is 5.75 Å². The van der Waals surface area contributed by atoms with Gasteiger partial charge in [-0.15, -0.1) is 0 Å². The fraction of sp³-hybridized carbons (Fsp3) is 0.278. The number of carbonyl (C=O) groups is 1. The first-order chi connectivity index (χ1) is 12.2. The Morgan fingerprint density at radius 3 is 2.23 bits per heavy atom. The van der Waals surface area contributed by atoms with E-state index in [1.54, 1.807) is 24.3 Å². The Hall–Kier alpha value is -1.81. The Kier molecular flexibility index (Phi) is 6.87. The molecule has 0 unspecified atom stereocenters. The summed E-state index contributed by atoms with van der Waals surface area (Å²) in [6.45, 7) is 1.87. The molecule has 0 heterocycles. The van der Waals surface area contributed by atoms with Gasteiger partial charge in [-0.2, -0.15) is 0 Å². The molecule has 0 saturated heterocycles. The van der Waals surface area contributed by atoms with E-state index in [0.717, 1.165) is 9.83 Å². The molecule has 1 amide bonds. The van der Waals surface area contributed by atoms with Crippen molar-refractivity contribution in [1.82, 2.24) is 0 Å². The number of hydrogen-bond acceptors (Lipinski definition) is 4. The Bertz CT molecular complexity index is 852. The summed E-state index contributed by atoms with van der Waals surface area (Å²) in [5, 5.41) is 2.84. The maximum Gasteiger partial charge on any atom is 0.265 e. The van der Waals surface area contributed by atoms with Crippen LogP contribution in [0.4, 0.5) is 11.4 Å². The van der Waals surface area contributed by atoms with Crippen LogP contribution in [0, 0.1) is 3.57 Å². The predicted molar refractivity (Wildman–Crippen MR) is 112 cm³/mol. The van der Waals surface area contributed by atoms with Gasteiger partial charge in [0.2, 0.25) is 10.0 Å². The van der Waals surface area contributed by atoms with Crippen molar-refractivity contribution in [2.45, 2.75) is 19.4 Å². The Balaban J connectivity index is 2.04. The number of hydrogen-bond donors (Lipinski definition) is 1. The predicted octanol–water partition coefficient (Wildman–Crippen LogP) is 3.48. The molecule has 0 aromatic heterocycles. The minimum absolute atomic E-state index is 0.231. The van der Waals surface area contributed by atoms with E-state index in [2.05, 4.69) is 27.9 Å². The summed E-state index contributed by atoms with van der Waals surface area (Å²) >= 11 is 2.20. The molecule has 2 rings (SSSR count). The molecule has 0 fully saturated rings. The highest BCUT2D eigenvalue weighted by atomic mass is 127. The molecular formula is C18H21IN2O4S. The summed E-state index contributed by atoms with van der Waals surface area (Å²) < 4.78 is 31.2. The zero-order valence-electron chi connectivity index (χ0n) is 14.8. The van der Waals surface area contributed by atoms with Crippen LogP contribution < -0.4 is 14.4 Å². The number of sulfonamides is 1. The van der Waals surface area contributed by atoms with E-state index in [4.69, 9.17) is 4.74 Å². The molecule has 2 aromatic rings. The number of ether oxygens (including phenoxy) is 1. The van der Waals surface area contributed by atoms with Gasteiger partial charge >= 0.3 is 0 Å². The number of benzene rings is 2. The standard InChI is InChI=1S/C18H21IN2O4S/c1-4-17(18(22)20-14-7-5-13(19)6-8-14)25-16-11-9-15(10-12-16)21(2)26(3,23)24/h5-12,17H,4H2,1-3H3,(H,20,22)/t17-/m1/s1. The lowest BCUT2D eigenvalue weighted by Gasteiger charge is -2.19. The largest absolute Gasteiger partial charge is 0.481 e. The lowest BCUT2D eigenvalue weighted by Crippen LogP contribution is -2.32. The van der Waals surface area contributed by atoms with Crippen LogP contribution in [0.15, 0.2) is 48.5 Å². The quantitative estimate of drug-likeness (QED) is 0.606. The lowest BCUT2D eigenvalue weighted by molar-refractivity contribution is -0.122. The second kappa shape index (κ2) is 8.72. The monoisotopic (exact) mass is 488 g/mol. The minimum Gasteiger partial charge on any atom is -0.481 e. The zero-order chi connectivity index (χ0) is 19.3. The first-order valence-electron chi connectivity index (χ1n) is 7.97. The number of anilines is 2. The van der Waals surface area contributed by atoms with Crippen molar-refractivity contribution in [1.29, 1.82) is 0 Å². The van der Waals surface area contributed by atoms with Gasteiger partial charge in [-0.25, -0.2) is 8.42 Å². The molecule has 1 N–H and O–H groups in total. The molecule has 140 valence electrons. The van der Waals surface area contributed by atoms with Gasteiger partial charge in [-0.05, 0) is 77.5 Å². The Morgan fingerprint density at radius 1 is 1.15 bits per heavy atom. The number of carbonyl (C=O) groups excluding carboxylic acids is 1. The van der Waals surface area contributed by atoms with Gasteiger partial charge in [0, 0.05) is 16.3 Å². The topological polar surface area (TPSA) is 75.7 Å². The molecule has 0 aliphatic rings. The van der Waals surface area contributed by atoms with Crippen molar-refractivity contribution >= 4 is 49.9 Å². The average molecular weight is 488 g/mol. The van der Waals surface area contributed by atoms with E-state index >= 15 is 0 Å². The van der Waals surface area contributed by atoms with Crippen LogP contribution in [0.2, 0.25) is 0 Å². The summed E-state index contributed by atoms with van der Waals surface area (Å²) in [4.78, 5) is 12.4. The molecule has 2 aromatic carbocycles. The zero-order valence-corrected chi connectivity index (χ0v) is 17.7. The van der Waals surface area contributed by atoms with Crippen LogP contribution in [-0.4, -0.2) is 33.7 Å². The van der Waals surface area contributed by atoms with Crippen LogP contribution in [0.5, 0.6) is 5.75 Å². The highest BCUT2D eigenvalue weighted by Crippen LogP contribution is 2.22. The fourth-order valence-corrected chi connectivity index (χ4v) is 3.03. The summed E-state index contributed by atoms with van der Waals surface area (Å²) in [5.41, 5.74) is 1.24. The van der Waals surface area contributed by atoms with Gasteiger partial charge < -0.3 is 10.1 Å². The third-order valence-electron chi connectivity index (χ3n) is 3.75. The number of halogens is 1.